The van der Waals surface area contributed by atoms with E-state index >= 15 is 0 Å². The van der Waals surface area contributed by atoms with E-state index in [1.807, 2.05) is 6.92 Å². The van der Waals surface area contributed by atoms with Crippen molar-refractivity contribution >= 4 is 5.82 Å². The van der Waals surface area contributed by atoms with Crippen LogP contribution < -0.4 is 10.6 Å². The molecule has 0 bridgehead atoms. The average Bonchev–Trinajstić information content (AvgIpc) is 2.33. The molecule has 0 atom stereocenters. The van der Waals surface area contributed by atoms with Crippen molar-refractivity contribution in [2.45, 2.75) is 52.5 Å². The highest BCUT2D eigenvalue weighted by atomic mass is 15.3. The molecular weight excluding hydrogens is 224 g/mol. The van der Waals surface area contributed by atoms with Gasteiger partial charge in [-0.2, -0.15) is 5.10 Å². The van der Waals surface area contributed by atoms with E-state index in [-0.39, 0.29) is 0 Å². The normalized spacial score (nSPS) is 17.4. The van der Waals surface area contributed by atoms with Gasteiger partial charge in [-0.25, -0.2) is 0 Å². The molecule has 2 N–H and O–H groups in total. The molecule has 2 rings (SSSR count). The van der Waals surface area contributed by atoms with Gasteiger partial charge in [0.1, 0.15) is 0 Å². The molecule has 1 aliphatic heterocycles. The summed E-state index contributed by atoms with van der Waals surface area (Å²) in [5, 5.41) is 8.67. The Bertz CT molecular complexity index is 395. The third-order valence-corrected chi connectivity index (χ3v) is 3.92. The summed E-state index contributed by atoms with van der Waals surface area (Å²) in [6.07, 6.45) is 6.52. The minimum absolute atomic E-state index is 0.550. The van der Waals surface area contributed by atoms with Crippen molar-refractivity contribution < 1.29 is 0 Å². The summed E-state index contributed by atoms with van der Waals surface area (Å²) < 4.78 is 0. The SMILES string of the molecule is Cc1nnc(N2CCCCCCC2)c(CN)c1C. The van der Waals surface area contributed by atoms with Crippen molar-refractivity contribution in [3.8, 4) is 0 Å². The molecule has 1 aromatic rings. The lowest BCUT2D eigenvalue weighted by molar-refractivity contribution is 0.550. The van der Waals surface area contributed by atoms with Gasteiger partial charge in [0.15, 0.2) is 5.82 Å². The van der Waals surface area contributed by atoms with Crippen LogP contribution in [0.15, 0.2) is 0 Å². The molecule has 4 heteroatoms. The monoisotopic (exact) mass is 248 g/mol. The maximum absolute atomic E-state index is 5.90. The molecule has 4 nitrogen and oxygen atoms in total. The standard InChI is InChI=1S/C14H24N4/c1-11-12(2)16-17-14(13(11)10-15)18-8-6-4-3-5-7-9-18/h3-10,15H2,1-2H3. The first-order chi connectivity index (χ1) is 8.74. The Kier molecular flexibility index (Phi) is 4.53. The molecule has 0 spiro atoms. The van der Waals surface area contributed by atoms with Crippen molar-refractivity contribution in [3.63, 3.8) is 0 Å². The van der Waals surface area contributed by atoms with Crippen molar-refractivity contribution in [2.75, 3.05) is 18.0 Å². The van der Waals surface area contributed by atoms with E-state index in [1.54, 1.807) is 0 Å². The Morgan fingerprint density at radius 3 is 2.22 bits per heavy atom. The zero-order valence-electron chi connectivity index (χ0n) is 11.6. The Morgan fingerprint density at radius 1 is 1.00 bits per heavy atom. The Labute approximate surface area is 110 Å². The van der Waals surface area contributed by atoms with Gasteiger partial charge in [-0.05, 0) is 32.3 Å². The number of nitrogens with zero attached hydrogens (tertiary/aromatic N) is 3. The maximum Gasteiger partial charge on any atom is 0.156 e. The van der Waals surface area contributed by atoms with Crippen molar-refractivity contribution in [1.29, 1.82) is 0 Å². The highest BCUT2D eigenvalue weighted by Gasteiger charge is 2.17. The first-order valence-corrected chi connectivity index (χ1v) is 7.02. The second kappa shape index (κ2) is 6.14. The van der Waals surface area contributed by atoms with Crippen LogP contribution in [-0.2, 0) is 6.54 Å². The molecule has 0 aliphatic carbocycles. The van der Waals surface area contributed by atoms with Crippen molar-refractivity contribution in [2.24, 2.45) is 5.73 Å². The molecule has 0 aromatic carbocycles. The fraction of sp³-hybridized carbons (Fsp3) is 0.714. The summed E-state index contributed by atoms with van der Waals surface area (Å²) in [4.78, 5) is 2.38. The average molecular weight is 248 g/mol. The quantitative estimate of drug-likeness (QED) is 0.872. The largest absolute Gasteiger partial charge is 0.355 e. The fourth-order valence-corrected chi connectivity index (χ4v) is 2.60. The van der Waals surface area contributed by atoms with Crippen LogP contribution in [0.5, 0.6) is 0 Å². The molecule has 18 heavy (non-hydrogen) atoms. The summed E-state index contributed by atoms with van der Waals surface area (Å²) in [5.41, 5.74) is 9.26. The summed E-state index contributed by atoms with van der Waals surface area (Å²) in [6.45, 7) is 6.82. The minimum Gasteiger partial charge on any atom is -0.355 e. The van der Waals surface area contributed by atoms with Gasteiger partial charge < -0.3 is 10.6 Å². The van der Waals surface area contributed by atoms with Gasteiger partial charge in [-0.3, -0.25) is 0 Å². The lowest BCUT2D eigenvalue weighted by Gasteiger charge is -2.27. The van der Waals surface area contributed by atoms with Crippen molar-refractivity contribution in [3.05, 3.63) is 16.8 Å². The molecule has 100 valence electrons. The minimum atomic E-state index is 0.550. The van der Waals surface area contributed by atoms with E-state index in [0.29, 0.717) is 6.54 Å². The summed E-state index contributed by atoms with van der Waals surface area (Å²) in [7, 11) is 0. The van der Waals surface area contributed by atoms with E-state index in [4.69, 9.17) is 5.73 Å². The molecule has 0 amide bonds. The van der Waals surface area contributed by atoms with Crippen LogP contribution in [0.4, 0.5) is 5.82 Å². The summed E-state index contributed by atoms with van der Waals surface area (Å²) in [6, 6.07) is 0. The summed E-state index contributed by atoms with van der Waals surface area (Å²) in [5.74, 6) is 1.02. The van der Waals surface area contributed by atoms with Crippen molar-refractivity contribution in [1.82, 2.24) is 10.2 Å². The summed E-state index contributed by atoms with van der Waals surface area (Å²) >= 11 is 0. The zero-order valence-corrected chi connectivity index (χ0v) is 11.6. The molecule has 1 fully saturated rings. The lowest BCUT2D eigenvalue weighted by Crippen LogP contribution is -2.30. The number of hydrogen-bond acceptors (Lipinski definition) is 4. The molecular formula is C14H24N4. The predicted octanol–water partition coefficient (Wildman–Crippen LogP) is 2.32. The zero-order chi connectivity index (χ0) is 13.0. The molecule has 1 saturated heterocycles. The lowest BCUT2D eigenvalue weighted by atomic mass is 10.1. The van der Waals surface area contributed by atoms with Crippen LogP contribution in [0, 0.1) is 13.8 Å². The number of aryl methyl sites for hydroxylation is 1. The second-order valence-electron chi connectivity index (χ2n) is 5.17. The van der Waals surface area contributed by atoms with E-state index in [9.17, 15) is 0 Å². The highest BCUT2D eigenvalue weighted by molar-refractivity contribution is 5.50. The molecule has 0 unspecified atom stereocenters. The Balaban J connectivity index is 2.27. The topological polar surface area (TPSA) is 55.0 Å². The number of aromatic nitrogens is 2. The smallest absolute Gasteiger partial charge is 0.156 e. The van der Waals surface area contributed by atoms with Crippen LogP contribution in [0.1, 0.15) is 48.9 Å². The fourth-order valence-electron chi connectivity index (χ4n) is 2.60. The van der Waals surface area contributed by atoms with E-state index < -0.39 is 0 Å². The van der Waals surface area contributed by atoms with Gasteiger partial charge in [-0.15, -0.1) is 5.10 Å². The predicted molar refractivity (Wildman–Crippen MR) is 74.7 cm³/mol. The van der Waals surface area contributed by atoms with E-state index in [1.165, 1.54) is 43.2 Å². The first-order valence-electron chi connectivity index (χ1n) is 7.02. The van der Waals surface area contributed by atoms with Crippen LogP contribution in [0.2, 0.25) is 0 Å². The third-order valence-electron chi connectivity index (χ3n) is 3.92. The molecule has 2 heterocycles. The third kappa shape index (κ3) is 2.80. The second-order valence-corrected chi connectivity index (χ2v) is 5.17. The number of anilines is 1. The van der Waals surface area contributed by atoms with Crippen LogP contribution in [-0.4, -0.2) is 23.3 Å². The maximum atomic E-state index is 5.90. The van der Waals surface area contributed by atoms with Gasteiger partial charge in [0, 0.05) is 25.2 Å². The molecule has 1 aromatic heterocycles. The molecule has 0 saturated carbocycles. The molecule has 1 aliphatic rings. The van der Waals surface area contributed by atoms with Crippen LogP contribution in [0.3, 0.4) is 0 Å². The van der Waals surface area contributed by atoms with Gasteiger partial charge in [-0.1, -0.05) is 19.3 Å². The van der Waals surface area contributed by atoms with Crippen LogP contribution >= 0.6 is 0 Å². The molecule has 0 radical (unpaired) electrons. The van der Waals surface area contributed by atoms with E-state index in [0.717, 1.165) is 24.6 Å². The van der Waals surface area contributed by atoms with E-state index in [2.05, 4.69) is 22.0 Å². The van der Waals surface area contributed by atoms with Crippen LogP contribution in [0.25, 0.3) is 0 Å². The highest BCUT2D eigenvalue weighted by Crippen LogP contribution is 2.24. The Morgan fingerprint density at radius 2 is 1.61 bits per heavy atom. The number of rotatable bonds is 2. The number of nitrogens with two attached hydrogens (primary N) is 1. The first kappa shape index (κ1) is 13.3. The number of hydrogen-bond donors (Lipinski definition) is 1. The van der Waals surface area contributed by atoms with Gasteiger partial charge in [0.25, 0.3) is 0 Å². The van der Waals surface area contributed by atoms with Gasteiger partial charge in [0.2, 0.25) is 0 Å². The van der Waals surface area contributed by atoms with Gasteiger partial charge in [0.05, 0.1) is 5.69 Å². The Hall–Kier alpha value is -1.16. The van der Waals surface area contributed by atoms with Gasteiger partial charge >= 0.3 is 0 Å².